The van der Waals surface area contributed by atoms with E-state index in [4.69, 9.17) is 0 Å². The number of rotatable bonds is 2. The van der Waals surface area contributed by atoms with Crippen molar-refractivity contribution in [3.05, 3.63) is 35.9 Å². The van der Waals surface area contributed by atoms with Crippen LogP contribution in [-0.2, 0) is 0 Å². The number of carbonyl (C=O) groups excluding carboxylic acids is 1. The maximum atomic E-state index is 11.0. The molecule has 20 heavy (non-hydrogen) atoms. The SMILES string of the molecule is O=C([O-])c1c(O)ccc(O)c1-c1cc(O)ccc1O.[K+]. The Morgan fingerprint density at radius 1 is 0.900 bits per heavy atom. The van der Waals surface area contributed by atoms with Crippen LogP contribution in [0, 0.1) is 0 Å². The van der Waals surface area contributed by atoms with Crippen LogP contribution in [0.5, 0.6) is 23.0 Å². The van der Waals surface area contributed by atoms with Crippen LogP contribution in [0.15, 0.2) is 30.3 Å². The summed E-state index contributed by atoms with van der Waals surface area (Å²) in [6.45, 7) is 0. The van der Waals surface area contributed by atoms with Crippen molar-refractivity contribution in [2.45, 2.75) is 0 Å². The van der Waals surface area contributed by atoms with E-state index in [1.54, 1.807) is 0 Å². The van der Waals surface area contributed by atoms with Crippen molar-refractivity contribution in [2.75, 3.05) is 0 Å². The predicted octanol–water partition coefficient (Wildman–Crippen LogP) is -2.46. The molecule has 0 aliphatic heterocycles. The Labute approximate surface area is 156 Å². The monoisotopic (exact) mass is 300 g/mol. The molecular formula is C13H9KO6. The van der Waals surface area contributed by atoms with Crippen LogP contribution in [0.25, 0.3) is 11.1 Å². The van der Waals surface area contributed by atoms with E-state index >= 15 is 0 Å². The Morgan fingerprint density at radius 3 is 2.05 bits per heavy atom. The maximum absolute atomic E-state index is 11.0. The third-order valence-electron chi connectivity index (χ3n) is 2.61. The number of aromatic carboxylic acids is 1. The molecule has 0 bridgehead atoms. The van der Waals surface area contributed by atoms with Crippen LogP contribution in [0.1, 0.15) is 10.4 Å². The van der Waals surface area contributed by atoms with Crippen LogP contribution >= 0.6 is 0 Å². The number of phenolic OH excluding ortho intramolecular Hbond substituents is 3. The van der Waals surface area contributed by atoms with E-state index in [0.717, 1.165) is 24.3 Å². The second-order valence-corrected chi connectivity index (χ2v) is 3.84. The summed E-state index contributed by atoms with van der Waals surface area (Å²) in [6.07, 6.45) is 0. The van der Waals surface area contributed by atoms with Gasteiger partial charge in [-0.15, -0.1) is 0 Å². The Morgan fingerprint density at radius 2 is 1.45 bits per heavy atom. The number of carboxylic acids is 1. The predicted molar refractivity (Wildman–Crippen MR) is 62.9 cm³/mol. The molecule has 0 fully saturated rings. The molecule has 0 unspecified atom stereocenters. The zero-order valence-corrected chi connectivity index (χ0v) is 13.6. The topological polar surface area (TPSA) is 121 Å². The summed E-state index contributed by atoms with van der Waals surface area (Å²) < 4.78 is 0. The third-order valence-corrected chi connectivity index (χ3v) is 2.61. The molecule has 6 nitrogen and oxygen atoms in total. The molecule has 0 aliphatic carbocycles. The fraction of sp³-hybridized carbons (Fsp3) is 0. The molecule has 0 atom stereocenters. The van der Waals surface area contributed by atoms with Gasteiger partial charge in [-0.1, -0.05) is 0 Å². The molecule has 0 saturated heterocycles. The fourth-order valence-corrected chi connectivity index (χ4v) is 1.78. The minimum Gasteiger partial charge on any atom is -0.545 e. The van der Waals surface area contributed by atoms with Crippen LogP contribution in [0.3, 0.4) is 0 Å². The minimum absolute atomic E-state index is 0. The van der Waals surface area contributed by atoms with Gasteiger partial charge in [-0.3, -0.25) is 0 Å². The largest absolute Gasteiger partial charge is 1.00 e. The smallest absolute Gasteiger partial charge is 0.545 e. The van der Waals surface area contributed by atoms with Crippen molar-refractivity contribution in [1.82, 2.24) is 0 Å². The molecule has 4 N–H and O–H groups in total. The van der Waals surface area contributed by atoms with E-state index in [1.165, 1.54) is 6.07 Å². The van der Waals surface area contributed by atoms with Gasteiger partial charge in [0, 0.05) is 11.1 Å². The van der Waals surface area contributed by atoms with Gasteiger partial charge in [0.15, 0.2) is 0 Å². The van der Waals surface area contributed by atoms with Crippen molar-refractivity contribution in [3.63, 3.8) is 0 Å². The molecule has 98 valence electrons. The standard InChI is InChI=1S/C13H10O6.K/c14-6-1-2-8(15)7(5-6)11-9(16)3-4-10(17)12(11)13(18)19;/h1-5,14-17H,(H,18,19);/q;+1/p-1. The number of carbonyl (C=O) groups is 1. The van der Waals surface area contributed by atoms with Gasteiger partial charge >= 0.3 is 51.4 Å². The Kier molecular flexibility index (Phi) is 5.43. The van der Waals surface area contributed by atoms with Crippen molar-refractivity contribution in [3.8, 4) is 34.1 Å². The first-order chi connectivity index (χ1) is 8.91. The van der Waals surface area contributed by atoms with E-state index in [9.17, 15) is 30.3 Å². The van der Waals surface area contributed by atoms with Gasteiger partial charge < -0.3 is 30.3 Å². The molecule has 0 heterocycles. The third kappa shape index (κ3) is 3.08. The van der Waals surface area contributed by atoms with Crippen LogP contribution in [0.2, 0.25) is 0 Å². The molecule has 0 aliphatic rings. The molecule has 0 saturated carbocycles. The molecule has 2 aromatic carbocycles. The normalized spacial score (nSPS) is 9.80. The first-order valence-corrected chi connectivity index (χ1v) is 5.20. The Hall–Kier alpha value is -1.25. The number of carboxylic acid groups (broad SMARTS) is 1. The summed E-state index contributed by atoms with van der Waals surface area (Å²) in [4.78, 5) is 11.0. The van der Waals surface area contributed by atoms with Crippen molar-refractivity contribution in [1.29, 1.82) is 0 Å². The van der Waals surface area contributed by atoms with E-state index in [0.29, 0.717) is 0 Å². The number of phenols is 4. The summed E-state index contributed by atoms with van der Waals surface area (Å²) in [5.74, 6) is -3.40. The summed E-state index contributed by atoms with van der Waals surface area (Å²) in [7, 11) is 0. The first kappa shape index (κ1) is 16.8. The van der Waals surface area contributed by atoms with E-state index < -0.39 is 23.0 Å². The van der Waals surface area contributed by atoms with E-state index in [-0.39, 0.29) is 74.0 Å². The quantitative estimate of drug-likeness (QED) is 0.361. The molecule has 0 aromatic heterocycles. The van der Waals surface area contributed by atoms with Crippen LogP contribution in [0.4, 0.5) is 0 Å². The zero-order valence-electron chi connectivity index (χ0n) is 10.5. The van der Waals surface area contributed by atoms with Crippen LogP contribution in [-0.4, -0.2) is 26.4 Å². The van der Waals surface area contributed by atoms with Crippen molar-refractivity contribution in [2.24, 2.45) is 0 Å². The Bertz CT molecular complexity index is 668. The zero-order chi connectivity index (χ0) is 14.2. The summed E-state index contributed by atoms with van der Waals surface area (Å²) in [5, 5.41) is 49.4. The molecule has 7 heteroatoms. The van der Waals surface area contributed by atoms with Gasteiger partial charge in [-0.05, 0) is 30.3 Å². The van der Waals surface area contributed by atoms with Gasteiger partial charge in [-0.2, -0.15) is 0 Å². The second-order valence-electron chi connectivity index (χ2n) is 3.84. The molecule has 0 spiro atoms. The minimum atomic E-state index is -1.72. The molecule has 0 radical (unpaired) electrons. The van der Waals surface area contributed by atoms with Gasteiger partial charge in [0.25, 0.3) is 0 Å². The van der Waals surface area contributed by atoms with Gasteiger partial charge in [0.2, 0.25) is 0 Å². The molecule has 2 rings (SSSR count). The molecular weight excluding hydrogens is 291 g/mol. The number of hydrogen-bond donors (Lipinski definition) is 4. The van der Waals surface area contributed by atoms with Gasteiger partial charge in [-0.25, -0.2) is 0 Å². The summed E-state index contributed by atoms with van der Waals surface area (Å²) in [5.41, 5.74) is -1.12. The van der Waals surface area contributed by atoms with Crippen molar-refractivity contribution < 1.29 is 81.7 Å². The molecule has 2 aromatic rings. The second kappa shape index (κ2) is 6.46. The van der Waals surface area contributed by atoms with E-state index in [1.807, 2.05) is 0 Å². The van der Waals surface area contributed by atoms with Crippen molar-refractivity contribution >= 4 is 5.97 Å². The van der Waals surface area contributed by atoms with Gasteiger partial charge in [0.05, 0.1) is 11.5 Å². The summed E-state index contributed by atoms with van der Waals surface area (Å²) in [6, 6.07) is 5.45. The molecule has 0 amide bonds. The number of aromatic hydroxyl groups is 4. The fourth-order valence-electron chi connectivity index (χ4n) is 1.78. The number of hydrogen-bond acceptors (Lipinski definition) is 6. The average Bonchev–Trinajstić information content (AvgIpc) is 2.34. The maximum Gasteiger partial charge on any atom is 1.00 e. The number of benzene rings is 2. The van der Waals surface area contributed by atoms with Gasteiger partial charge in [0.1, 0.15) is 23.0 Å². The average molecular weight is 300 g/mol. The summed E-state index contributed by atoms with van der Waals surface area (Å²) >= 11 is 0. The first-order valence-electron chi connectivity index (χ1n) is 5.20. The van der Waals surface area contributed by atoms with Crippen LogP contribution < -0.4 is 56.5 Å². The van der Waals surface area contributed by atoms with E-state index in [2.05, 4.69) is 0 Å². The Balaban J connectivity index is 0.00000200.